The van der Waals surface area contributed by atoms with Crippen molar-refractivity contribution in [3.8, 4) is 0 Å². The smallest absolute Gasteiger partial charge is 0.328 e. The van der Waals surface area contributed by atoms with Crippen molar-refractivity contribution < 1.29 is 24.2 Å². The zero-order valence-corrected chi connectivity index (χ0v) is 11.8. The van der Waals surface area contributed by atoms with Crippen molar-refractivity contribution in [1.82, 2.24) is 4.90 Å². The van der Waals surface area contributed by atoms with Gasteiger partial charge in [0.15, 0.2) is 0 Å². The fourth-order valence-corrected chi connectivity index (χ4v) is 3.36. The minimum Gasteiger partial charge on any atom is -0.481 e. The number of aliphatic carboxylic acids is 1. The van der Waals surface area contributed by atoms with Gasteiger partial charge < -0.3 is 14.7 Å². The first kappa shape index (κ1) is 14.8. The number of esters is 1. The molecule has 0 bridgehead atoms. The summed E-state index contributed by atoms with van der Waals surface area (Å²) in [5.74, 6) is -1.54. The second-order valence-corrected chi connectivity index (χ2v) is 5.74. The summed E-state index contributed by atoms with van der Waals surface area (Å²) in [6.07, 6.45) is 4.13. The molecule has 1 saturated carbocycles. The molecule has 2 aliphatic rings. The molecule has 0 aromatic heterocycles. The summed E-state index contributed by atoms with van der Waals surface area (Å²) < 4.78 is 4.71. The number of ether oxygens (including phenoxy) is 1. The average molecular weight is 283 g/mol. The number of nitrogens with zero attached hydrogens (tertiary/aromatic N) is 1. The first-order chi connectivity index (χ1) is 9.50. The second-order valence-electron chi connectivity index (χ2n) is 5.74. The summed E-state index contributed by atoms with van der Waals surface area (Å²) in [6.45, 7) is 0.508. The molecule has 6 nitrogen and oxygen atoms in total. The highest BCUT2D eigenvalue weighted by Crippen LogP contribution is 2.42. The third kappa shape index (κ3) is 2.64. The van der Waals surface area contributed by atoms with Crippen LogP contribution in [0.25, 0.3) is 0 Å². The maximum Gasteiger partial charge on any atom is 0.328 e. The predicted molar refractivity (Wildman–Crippen MR) is 69.9 cm³/mol. The SMILES string of the molecule is COC(=O)C1CCCN1C(=O)CC1(C(=O)O)CCCC1. The van der Waals surface area contributed by atoms with E-state index in [2.05, 4.69) is 0 Å². The van der Waals surface area contributed by atoms with Crippen LogP contribution in [-0.2, 0) is 19.1 Å². The lowest BCUT2D eigenvalue weighted by Gasteiger charge is -2.28. The van der Waals surface area contributed by atoms with Gasteiger partial charge in [0.1, 0.15) is 6.04 Å². The molecule has 0 radical (unpaired) electrons. The molecule has 1 unspecified atom stereocenters. The lowest BCUT2D eigenvalue weighted by Crippen LogP contribution is -2.44. The number of amides is 1. The van der Waals surface area contributed by atoms with Crippen molar-refractivity contribution >= 4 is 17.8 Å². The highest BCUT2D eigenvalue weighted by atomic mass is 16.5. The monoisotopic (exact) mass is 283 g/mol. The average Bonchev–Trinajstić information content (AvgIpc) is 3.06. The van der Waals surface area contributed by atoms with Gasteiger partial charge in [-0.2, -0.15) is 0 Å². The standard InChI is InChI=1S/C14H21NO5/c1-20-12(17)10-5-4-8-15(10)11(16)9-14(13(18)19)6-2-3-7-14/h10H,2-9H2,1H3,(H,18,19). The van der Waals surface area contributed by atoms with Crippen LogP contribution in [0.5, 0.6) is 0 Å². The van der Waals surface area contributed by atoms with Gasteiger partial charge >= 0.3 is 11.9 Å². The maximum atomic E-state index is 12.4. The van der Waals surface area contributed by atoms with Crippen LogP contribution in [0.1, 0.15) is 44.9 Å². The number of carboxylic acid groups (broad SMARTS) is 1. The van der Waals surface area contributed by atoms with Crippen molar-refractivity contribution in [2.45, 2.75) is 51.0 Å². The number of likely N-dealkylation sites (tertiary alicyclic amines) is 1. The molecule has 6 heteroatoms. The van der Waals surface area contributed by atoms with Crippen LogP contribution in [0, 0.1) is 5.41 Å². The highest BCUT2D eigenvalue weighted by molar-refractivity contribution is 5.89. The van der Waals surface area contributed by atoms with Gasteiger partial charge in [-0.3, -0.25) is 9.59 Å². The Kier molecular flexibility index (Phi) is 4.30. The number of hydrogen-bond donors (Lipinski definition) is 1. The molecule has 0 spiro atoms. The molecule has 1 saturated heterocycles. The normalized spacial score (nSPS) is 24.6. The Balaban J connectivity index is 2.07. The zero-order valence-electron chi connectivity index (χ0n) is 11.8. The van der Waals surface area contributed by atoms with Gasteiger partial charge in [0.05, 0.1) is 12.5 Å². The molecule has 1 heterocycles. The number of carbonyl (C=O) groups excluding carboxylic acids is 2. The van der Waals surface area contributed by atoms with Crippen LogP contribution in [0.2, 0.25) is 0 Å². The van der Waals surface area contributed by atoms with Crippen LogP contribution < -0.4 is 0 Å². The molecular formula is C14H21NO5. The largest absolute Gasteiger partial charge is 0.481 e. The Bertz CT molecular complexity index is 414. The summed E-state index contributed by atoms with van der Waals surface area (Å²) in [4.78, 5) is 37.0. The van der Waals surface area contributed by atoms with Crippen LogP contribution >= 0.6 is 0 Å². The number of hydrogen-bond acceptors (Lipinski definition) is 4. The summed E-state index contributed by atoms with van der Waals surface area (Å²) in [6, 6.07) is -0.542. The van der Waals surface area contributed by atoms with Gasteiger partial charge in [-0.15, -0.1) is 0 Å². The van der Waals surface area contributed by atoms with E-state index < -0.39 is 23.4 Å². The summed E-state index contributed by atoms with van der Waals surface area (Å²) in [5.41, 5.74) is -0.930. The molecule has 2 fully saturated rings. The van der Waals surface area contributed by atoms with E-state index >= 15 is 0 Å². The van der Waals surface area contributed by atoms with Gasteiger partial charge in [0.25, 0.3) is 0 Å². The van der Waals surface area contributed by atoms with Crippen molar-refractivity contribution in [3.05, 3.63) is 0 Å². The third-order valence-electron chi connectivity index (χ3n) is 4.55. The predicted octanol–water partition coefficient (Wildman–Crippen LogP) is 1.19. The lowest BCUT2D eigenvalue weighted by atomic mass is 9.82. The van der Waals surface area contributed by atoms with Crippen molar-refractivity contribution in [2.75, 3.05) is 13.7 Å². The van der Waals surface area contributed by atoms with Gasteiger partial charge in [-0.25, -0.2) is 4.79 Å². The first-order valence-corrected chi connectivity index (χ1v) is 7.11. The van der Waals surface area contributed by atoms with Gasteiger partial charge in [0.2, 0.25) is 5.91 Å². The molecular weight excluding hydrogens is 262 g/mol. The number of carbonyl (C=O) groups is 3. The van der Waals surface area contributed by atoms with Gasteiger partial charge in [-0.1, -0.05) is 12.8 Å². The second kappa shape index (κ2) is 5.81. The Morgan fingerprint density at radius 2 is 1.90 bits per heavy atom. The molecule has 1 aliphatic carbocycles. The molecule has 2 rings (SSSR count). The van der Waals surface area contributed by atoms with E-state index in [-0.39, 0.29) is 12.3 Å². The summed E-state index contributed by atoms with van der Waals surface area (Å²) >= 11 is 0. The Morgan fingerprint density at radius 3 is 2.45 bits per heavy atom. The molecule has 1 amide bonds. The van der Waals surface area contributed by atoms with E-state index in [0.717, 1.165) is 19.3 Å². The highest BCUT2D eigenvalue weighted by Gasteiger charge is 2.45. The third-order valence-corrected chi connectivity index (χ3v) is 4.55. The van der Waals surface area contributed by atoms with E-state index in [0.29, 0.717) is 25.8 Å². The van der Waals surface area contributed by atoms with Crippen molar-refractivity contribution in [3.63, 3.8) is 0 Å². The van der Waals surface area contributed by atoms with Crippen molar-refractivity contribution in [1.29, 1.82) is 0 Å². The van der Waals surface area contributed by atoms with Crippen LogP contribution in [0.15, 0.2) is 0 Å². The minimum absolute atomic E-state index is 0.00414. The van der Waals surface area contributed by atoms with Gasteiger partial charge in [0, 0.05) is 13.0 Å². The quantitative estimate of drug-likeness (QED) is 0.783. The Morgan fingerprint density at radius 1 is 1.25 bits per heavy atom. The topological polar surface area (TPSA) is 83.9 Å². The Hall–Kier alpha value is -1.59. The minimum atomic E-state index is -0.930. The molecule has 1 N–H and O–H groups in total. The fraction of sp³-hybridized carbons (Fsp3) is 0.786. The van der Waals surface area contributed by atoms with E-state index in [1.807, 2.05) is 0 Å². The molecule has 20 heavy (non-hydrogen) atoms. The number of rotatable bonds is 4. The van der Waals surface area contributed by atoms with E-state index in [9.17, 15) is 19.5 Å². The van der Waals surface area contributed by atoms with E-state index in [1.165, 1.54) is 12.0 Å². The Labute approximate surface area is 118 Å². The van der Waals surface area contributed by atoms with Crippen LogP contribution in [0.4, 0.5) is 0 Å². The molecule has 112 valence electrons. The summed E-state index contributed by atoms with van der Waals surface area (Å²) in [7, 11) is 1.30. The summed E-state index contributed by atoms with van der Waals surface area (Å²) in [5, 5.41) is 9.41. The molecule has 1 atom stereocenters. The van der Waals surface area contributed by atoms with E-state index in [1.54, 1.807) is 0 Å². The fourth-order valence-electron chi connectivity index (χ4n) is 3.36. The maximum absolute atomic E-state index is 12.4. The lowest BCUT2D eigenvalue weighted by molar-refractivity contribution is -0.156. The van der Waals surface area contributed by atoms with Crippen LogP contribution in [-0.4, -0.2) is 47.5 Å². The van der Waals surface area contributed by atoms with E-state index in [4.69, 9.17) is 4.74 Å². The van der Waals surface area contributed by atoms with Gasteiger partial charge in [-0.05, 0) is 25.7 Å². The molecule has 0 aromatic rings. The molecule has 1 aliphatic heterocycles. The van der Waals surface area contributed by atoms with Crippen LogP contribution in [0.3, 0.4) is 0 Å². The first-order valence-electron chi connectivity index (χ1n) is 7.11. The zero-order chi connectivity index (χ0) is 14.8. The van der Waals surface area contributed by atoms with Crippen molar-refractivity contribution in [2.24, 2.45) is 5.41 Å². The number of carboxylic acids is 1. The molecule has 0 aromatic carbocycles. The number of methoxy groups -OCH3 is 1.